The van der Waals surface area contributed by atoms with Crippen LogP contribution in [0.1, 0.15) is 65.6 Å². The number of nitrogens with zero attached hydrogens (tertiary/aromatic N) is 2. The Morgan fingerprint density at radius 3 is 2.31 bits per heavy atom. The highest BCUT2D eigenvalue weighted by Crippen LogP contribution is 2.58. The molecule has 1 amide bonds. The second-order valence-electron chi connectivity index (χ2n) is 10.7. The van der Waals surface area contributed by atoms with Gasteiger partial charge in [0.25, 0.3) is 5.91 Å². The molecule has 6 rings (SSSR count). The molecule has 188 valence electrons. The van der Waals surface area contributed by atoms with Crippen LogP contribution in [0.2, 0.25) is 0 Å². The lowest BCUT2D eigenvalue weighted by Crippen LogP contribution is -2.50. The van der Waals surface area contributed by atoms with E-state index in [2.05, 4.69) is 30.1 Å². The average Bonchev–Trinajstić information content (AvgIpc) is 2.92. The van der Waals surface area contributed by atoms with E-state index in [9.17, 15) is 4.79 Å². The number of aromatic nitrogens is 1. The maximum Gasteiger partial charge on any atom is 0.258 e. The smallest absolute Gasteiger partial charge is 0.258 e. The lowest BCUT2D eigenvalue weighted by molar-refractivity contribution is 0.0441. The van der Waals surface area contributed by atoms with E-state index in [0.29, 0.717) is 5.56 Å². The molecule has 0 N–H and O–H groups in total. The zero-order valence-corrected chi connectivity index (χ0v) is 21.8. The maximum absolute atomic E-state index is 13.9. The summed E-state index contributed by atoms with van der Waals surface area (Å²) in [6.07, 6.45) is 10.3. The number of carbonyl (C=O) groups is 1. The number of rotatable bonds is 7. The van der Waals surface area contributed by atoms with E-state index < -0.39 is 0 Å². The first kappa shape index (κ1) is 24.4. The second-order valence-corrected chi connectivity index (χ2v) is 10.7. The summed E-state index contributed by atoms with van der Waals surface area (Å²) in [6.45, 7) is 4.81. The molecule has 5 heteroatoms. The number of methoxy groups -OCH3 is 2. The third-order valence-corrected chi connectivity index (χ3v) is 8.76. The first-order chi connectivity index (χ1) is 17.4. The van der Waals surface area contributed by atoms with Gasteiger partial charge in [0.1, 0.15) is 11.5 Å². The largest absolute Gasteiger partial charge is 0.497 e. The van der Waals surface area contributed by atoms with Gasteiger partial charge < -0.3 is 14.4 Å². The minimum atomic E-state index is 0.0331. The van der Waals surface area contributed by atoms with Crippen molar-refractivity contribution < 1.29 is 14.3 Å². The number of pyridine rings is 1. The molecule has 3 aliphatic rings. The predicted molar refractivity (Wildman–Crippen MR) is 143 cm³/mol. The standard InChI is InChI=1S/C31H36N2O3/c1-22-18-24(8-9-28(22)36-4)31-14-11-30(12-15-31,13-16-31)21-33(25-6-5-7-26(19-25)35-3)29(34)27-10-17-32-20-23(27)2/h5-10,17-20H,11-16,21H2,1-4H3. The molecule has 5 nitrogen and oxygen atoms in total. The number of hydrogen-bond acceptors (Lipinski definition) is 4. The summed E-state index contributed by atoms with van der Waals surface area (Å²) in [5.74, 6) is 1.75. The third kappa shape index (κ3) is 4.36. The van der Waals surface area contributed by atoms with E-state index in [1.54, 1.807) is 26.6 Å². The molecule has 0 atom stereocenters. The minimum Gasteiger partial charge on any atom is -0.497 e. The van der Waals surface area contributed by atoms with Gasteiger partial charge >= 0.3 is 0 Å². The molecule has 36 heavy (non-hydrogen) atoms. The van der Waals surface area contributed by atoms with Crippen LogP contribution in [0, 0.1) is 19.3 Å². The van der Waals surface area contributed by atoms with Crippen molar-refractivity contribution in [2.75, 3.05) is 25.7 Å². The Bertz CT molecular complexity index is 1240. The van der Waals surface area contributed by atoms with Crippen LogP contribution in [0.5, 0.6) is 11.5 Å². The van der Waals surface area contributed by atoms with Gasteiger partial charge in [0, 0.05) is 36.3 Å². The fourth-order valence-corrected chi connectivity index (χ4v) is 6.39. The van der Waals surface area contributed by atoms with E-state index in [4.69, 9.17) is 9.47 Å². The molecule has 3 aromatic rings. The Hall–Kier alpha value is -3.34. The van der Waals surface area contributed by atoms with Gasteiger partial charge in [-0.05, 0) is 104 Å². The lowest BCUT2D eigenvalue weighted by atomic mass is 9.51. The summed E-state index contributed by atoms with van der Waals surface area (Å²) < 4.78 is 11.0. The molecule has 0 aliphatic heterocycles. The summed E-state index contributed by atoms with van der Waals surface area (Å²) in [4.78, 5) is 20.1. The van der Waals surface area contributed by atoms with Crippen molar-refractivity contribution in [1.29, 1.82) is 0 Å². The SMILES string of the molecule is COc1cccc(N(CC23CCC(c4ccc(OC)c(C)c4)(CC2)CC3)C(=O)c2ccncc2C)c1. The van der Waals surface area contributed by atoms with Crippen LogP contribution in [0.15, 0.2) is 60.9 Å². The number of anilines is 1. The molecule has 3 fully saturated rings. The predicted octanol–water partition coefficient (Wildman–Crippen LogP) is 6.65. The van der Waals surface area contributed by atoms with Crippen molar-refractivity contribution in [3.8, 4) is 11.5 Å². The maximum atomic E-state index is 13.9. The zero-order chi connectivity index (χ0) is 25.3. The van der Waals surface area contributed by atoms with E-state index in [-0.39, 0.29) is 16.7 Å². The van der Waals surface area contributed by atoms with Gasteiger partial charge in [-0.1, -0.05) is 18.2 Å². The molecule has 0 spiro atoms. The van der Waals surface area contributed by atoms with Crippen LogP contribution in [0.3, 0.4) is 0 Å². The highest BCUT2D eigenvalue weighted by atomic mass is 16.5. The van der Waals surface area contributed by atoms with Crippen LogP contribution in [0.4, 0.5) is 5.69 Å². The lowest BCUT2D eigenvalue weighted by Gasteiger charge is -2.55. The van der Waals surface area contributed by atoms with Crippen LogP contribution >= 0.6 is 0 Å². The first-order valence-corrected chi connectivity index (χ1v) is 12.9. The van der Waals surface area contributed by atoms with Gasteiger partial charge in [-0.25, -0.2) is 0 Å². The van der Waals surface area contributed by atoms with Crippen molar-refractivity contribution in [2.24, 2.45) is 5.41 Å². The van der Waals surface area contributed by atoms with Gasteiger partial charge in [-0.3, -0.25) is 9.78 Å². The number of fused-ring (bicyclic) bond motifs is 3. The molecule has 3 aliphatic carbocycles. The minimum absolute atomic E-state index is 0.0331. The monoisotopic (exact) mass is 484 g/mol. The van der Waals surface area contributed by atoms with Crippen molar-refractivity contribution in [3.63, 3.8) is 0 Å². The fraction of sp³-hybridized carbons (Fsp3) is 0.419. The Kier molecular flexibility index (Phi) is 6.50. The van der Waals surface area contributed by atoms with Gasteiger partial charge in [-0.2, -0.15) is 0 Å². The van der Waals surface area contributed by atoms with Crippen molar-refractivity contribution >= 4 is 11.6 Å². The summed E-state index contributed by atoms with van der Waals surface area (Å²) >= 11 is 0. The van der Waals surface area contributed by atoms with Crippen molar-refractivity contribution in [1.82, 2.24) is 4.98 Å². The Morgan fingerprint density at radius 1 is 0.917 bits per heavy atom. The third-order valence-electron chi connectivity index (χ3n) is 8.76. The number of amides is 1. The van der Waals surface area contributed by atoms with Crippen LogP contribution < -0.4 is 14.4 Å². The van der Waals surface area contributed by atoms with Crippen LogP contribution in [-0.2, 0) is 5.41 Å². The van der Waals surface area contributed by atoms with Crippen molar-refractivity contribution in [2.45, 2.75) is 57.8 Å². The van der Waals surface area contributed by atoms with Crippen molar-refractivity contribution in [3.05, 3.63) is 83.2 Å². The van der Waals surface area contributed by atoms with Crippen LogP contribution in [0.25, 0.3) is 0 Å². The van der Waals surface area contributed by atoms with E-state index >= 15 is 0 Å². The molecular formula is C31H36N2O3. The molecule has 3 saturated carbocycles. The van der Waals surface area contributed by atoms with E-state index in [1.165, 1.54) is 11.1 Å². The molecule has 1 heterocycles. The number of aryl methyl sites for hydroxylation is 2. The van der Waals surface area contributed by atoms with Gasteiger partial charge in [0.2, 0.25) is 0 Å². The number of benzene rings is 2. The topological polar surface area (TPSA) is 51.7 Å². The van der Waals surface area contributed by atoms with Gasteiger partial charge in [0.05, 0.1) is 14.2 Å². The number of carbonyl (C=O) groups excluding carboxylic acids is 1. The fourth-order valence-electron chi connectivity index (χ4n) is 6.39. The van der Waals surface area contributed by atoms with Crippen LogP contribution in [-0.4, -0.2) is 31.7 Å². The molecular weight excluding hydrogens is 448 g/mol. The van der Waals surface area contributed by atoms with E-state index in [0.717, 1.165) is 67.8 Å². The highest BCUT2D eigenvalue weighted by molar-refractivity contribution is 6.07. The number of ether oxygens (including phenoxy) is 2. The number of hydrogen-bond donors (Lipinski definition) is 0. The summed E-state index contributed by atoms with van der Waals surface area (Å²) in [7, 11) is 3.40. The summed E-state index contributed by atoms with van der Waals surface area (Å²) in [6, 6.07) is 16.4. The van der Waals surface area contributed by atoms with Gasteiger partial charge in [-0.15, -0.1) is 0 Å². The Morgan fingerprint density at radius 2 is 1.67 bits per heavy atom. The molecule has 2 aromatic carbocycles. The molecule has 1 aromatic heterocycles. The summed E-state index contributed by atoms with van der Waals surface area (Å²) in [5, 5.41) is 0. The summed E-state index contributed by atoms with van der Waals surface area (Å²) in [5.41, 5.74) is 5.51. The quantitative estimate of drug-likeness (QED) is 0.376. The second kappa shape index (κ2) is 9.61. The van der Waals surface area contributed by atoms with E-state index in [1.807, 2.05) is 42.2 Å². The Labute approximate surface area is 214 Å². The molecule has 0 radical (unpaired) electrons. The highest BCUT2D eigenvalue weighted by Gasteiger charge is 2.50. The zero-order valence-electron chi connectivity index (χ0n) is 21.8. The molecule has 2 bridgehead atoms. The average molecular weight is 485 g/mol. The molecule has 0 saturated heterocycles. The first-order valence-electron chi connectivity index (χ1n) is 12.9. The Balaban J connectivity index is 1.43. The normalized spacial score (nSPS) is 22.8. The molecule has 0 unspecified atom stereocenters. The van der Waals surface area contributed by atoms with Gasteiger partial charge in [0.15, 0.2) is 0 Å².